The van der Waals surface area contributed by atoms with Crippen LogP contribution in [0.4, 0.5) is 0 Å². The molecule has 108 valence electrons. The maximum absolute atomic E-state index is 12.2. The molecule has 0 atom stereocenters. The van der Waals surface area contributed by atoms with Crippen LogP contribution < -0.4 is 4.74 Å². The number of ether oxygens (including phenoxy) is 1. The first kappa shape index (κ1) is 15.8. The number of carboxylic acid groups (broad SMARTS) is 1. The van der Waals surface area contributed by atoms with E-state index < -0.39 is 5.97 Å². The third kappa shape index (κ3) is 4.76. The molecule has 1 aromatic carbocycles. The van der Waals surface area contributed by atoms with E-state index in [1.807, 2.05) is 6.92 Å². The molecule has 1 aromatic rings. The van der Waals surface area contributed by atoms with Crippen LogP contribution in [0.15, 0.2) is 36.9 Å². The highest BCUT2D eigenvalue weighted by atomic mass is 16.5. The molecule has 20 heavy (non-hydrogen) atoms. The molecule has 0 unspecified atom stereocenters. The molecule has 0 radical (unpaired) electrons. The largest absolute Gasteiger partial charge is 0.494 e. The van der Waals surface area contributed by atoms with Crippen LogP contribution in [0.25, 0.3) is 0 Å². The monoisotopic (exact) mass is 277 g/mol. The highest BCUT2D eigenvalue weighted by Gasteiger charge is 2.17. The van der Waals surface area contributed by atoms with E-state index in [2.05, 4.69) is 6.58 Å². The van der Waals surface area contributed by atoms with E-state index in [0.717, 1.165) is 6.42 Å². The number of hydrogen-bond acceptors (Lipinski definition) is 3. The highest BCUT2D eigenvalue weighted by Crippen LogP contribution is 2.14. The summed E-state index contributed by atoms with van der Waals surface area (Å²) in [5.41, 5.74) is 0.428. The maximum Gasteiger partial charge on any atom is 0.323 e. The summed E-state index contributed by atoms with van der Waals surface area (Å²) in [6.07, 6.45) is 2.41. The van der Waals surface area contributed by atoms with Crippen LogP contribution in [0, 0.1) is 0 Å². The average molecular weight is 277 g/mol. The molecule has 5 heteroatoms. The van der Waals surface area contributed by atoms with Crippen molar-refractivity contribution in [3.05, 3.63) is 42.5 Å². The zero-order valence-electron chi connectivity index (χ0n) is 11.5. The number of carboxylic acids is 1. The molecule has 0 fully saturated rings. The standard InChI is InChI=1S/C15H19NO4/c1-3-9-16(11-14(17)18)15(19)12-5-7-13(8-6-12)20-10-4-2/h3,5-8H,1,4,9-11H2,2H3,(H,17,18). The van der Waals surface area contributed by atoms with Crippen molar-refractivity contribution in [3.8, 4) is 5.75 Å². The molecule has 0 saturated carbocycles. The van der Waals surface area contributed by atoms with Crippen LogP contribution in [0.1, 0.15) is 23.7 Å². The summed E-state index contributed by atoms with van der Waals surface area (Å²) in [6.45, 7) is 6.00. The van der Waals surface area contributed by atoms with E-state index in [1.54, 1.807) is 24.3 Å². The van der Waals surface area contributed by atoms with Crippen molar-refractivity contribution in [2.75, 3.05) is 19.7 Å². The minimum atomic E-state index is -1.05. The molecule has 0 aliphatic carbocycles. The molecular formula is C15H19NO4. The topological polar surface area (TPSA) is 66.8 Å². The van der Waals surface area contributed by atoms with Crippen LogP contribution >= 0.6 is 0 Å². The van der Waals surface area contributed by atoms with Gasteiger partial charge in [-0.15, -0.1) is 6.58 Å². The second-order valence-corrected chi connectivity index (χ2v) is 4.24. The molecule has 5 nitrogen and oxygen atoms in total. The molecule has 1 amide bonds. The van der Waals surface area contributed by atoms with Gasteiger partial charge in [-0.05, 0) is 30.7 Å². The van der Waals surface area contributed by atoms with E-state index >= 15 is 0 Å². The summed E-state index contributed by atoms with van der Waals surface area (Å²) in [5, 5.41) is 8.80. The predicted molar refractivity (Wildman–Crippen MR) is 76.0 cm³/mol. The van der Waals surface area contributed by atoms with Gasteiger partial charge in [-0.2, -0.15) is 0 Å². The number of nitrogens with zero attached hydrogens (tertiary/aromatic N) is 1. The second-order valence-electron chi connectivity index (χ2n) is 4.24. The minimum Gasteiger partial charge on any atom is -0.494 e. The number of carbonyl (C=O) groups excluding carboxylic acids is 1. The molecule has 1 rings (SSSR count). The van der Waals surface area contributed by atoms with Crippen molar-refractivity contribution in [2.24, 2.45) is 0 Å². The Hall–Kier alpha value is -2.30. The number of carbonyl (C=O) groups is 2. The molecule has 0 aromatic heterocycles. The average Bonchev–Trinajstić information content (AvgIpc) is 2.44. The molecule has 1 N–H and O–H groups in total. The highest BCUT2D eigenvalue weighted by molar-refractivity contribution is 5.96. The van der Waals surface area contributed by atoms with Crippen LogP contribution in [0.2, 0.25) is 0 Å². The summed E-state index contributed by atoms with van der Waals surface area (Å²) in [7, 11) is 0. The lowest BCUT2D eigenvalue weighted by Crippen LogP contribution is -2.35. The van der Waals surface area contributed by atoms with Gasteiger partial charge in [0.2, 0.25) is 0 Å². The summed E-state index contributed by atoms with van der Waals surface area (Å²) in [5.74, 6) is -0.700. The van der Waals surface area contributed by atoms with Gasteiger partial charge in [-0.1, -0.05) is 13.0 Å². The summed E-state index contributed by atoms with van der Waals surface area (Å²) in [4.78, 5) is 24.1. The van der Waals surface area contributed by atoms with Gasteiger partial charge in [0.25, 0.3) is 5.91 Å². The summed E-state index contributed by atoms with van der Waals surface area (Å²) < 4.78 is 5.43. The van der Waals surface area contributed by atoms with E-state index in [4.69, 9.17) is 9.84 Å². The Morgan fingerprint density at radius 3 is 2.50 bits per heavy atom. The fraction of sp³-hybridized carbons (Fsp3) is 0.333. The molecule has 0 aliphatic heterocycles. The van der Waals surface area contributed by atoms with Gasteiger partial charge in [0, 0.05) is 12.1 Å². The lowest BCUT2D eigenvalue weighted by molar-refractivity contribution is -0.137. The number of benzene rings is 1. The van der Waals surface area contributed by atoms with Crippen LogP contribution in [-0.4, -0.2) is 41.6 Å². The first-order valence-electron chi connectivity index (χ1n) is 6.43. The maximum atomic E-state index is 12.2. The molecule has 0 bridgehead atoms. The fourth-order valence-corrected chi connectivity index (χ4v) is 1.63. The Morgan fingerprint density at radius 2 is 2.00 bits per heavy atom. The molecule has 0 aliphatic rings. The van der Waals surface area contributed by atoms with Crippen LogP contribution in [0.3, 0.4) is 0 Å². The number of hydrogen-bond donors (Lipinski definition) is 1. The van der Waals surface area contributed by atoms with Crippen molar-refractivity contribution in [1.29, 1.82) is 0 Å². The van der Waals surface area contributed by atoms with Crippen LogP contribution in [-0.2, 0) is 4.79 Å². The van der Waals surface area contributed by atoms with Gasteiger partial charge >= 0.3 is 5.97 Å². The number of aliphatic carboxylic acids is 1. The Morgan fingerprint density at radius 1 is 1.35 bits per heavy atom. The van der Waals surface area contributed by atoms with E-state index in [9.17, 15) is 9.59 Å². The molecular weight excluding hydrogens is 258 g/mol. The van der Waals surface area contributed by atoms with Crippen molar-refractivity contribution in [1.82, 2.24) is 4.90 Å². The normalized spacial score (nSPS) is 9.85. The third-order valence-electron chi connectivity index (χ3n) is 2.54. The fourth-order valence-electron chi connectivity index (χ4n) is 1.63. The zero-order valence-corrected chi connectivity index (χ0v) is 11.5. The molecule has 0 saturated heterocycles. The van der Waals surface area contributed by atoms with Gasteiger partial charge < -0.3 is 14.7 Å². The molecule has 0 spiro atoms. The first-order valence-corrected chi connectivity index (χ1v) is 6.43. The van der Waals surface area contributed by atoms with E-state index in [-0.39, 0.29) is 19.0 Å². The zero-order chi connectivity index (χ0) is 15.0. The van der Waals surface area contributed by atoms with E-state index in [1.165, 1.54) is 11.0 Å². The van der Waals surface area contributed by atoms with Gasteiger partial charge in [0.15, 0.2) is 0 Å². The quantitative estimate of drug-likeness (QED) is 0.740. The third-order valence-corrected chi connectivity index (χ3v) is 2.54. The predicted octanol–water partition coefficient (Wildman–Crippen LogP) is 2.19. The Kier molecular flexibility index (Phi) is 6.29. The van der Waals surface area contributed by atoms with Crippen molar-refractivity contribution < 1.29 is 19.4 Å². The SMILES string of the molecule is C=CCN(CC(=O)O)C(=O)c1ccc(OCCC)cc1. The minimum absolute atomic E-state index is 0.194. The summed E-state index contributed by atoms with van der Waals surface area (Å²) >= 11 is 0. The van der Waals surface area contributed by atoms with Crippen molar-refractivity contribution in [3.63, 3.8) is 0 Å². The Balaban J connectivity index is 2.78. The smallest absolute Gasteiger partial charge is 0.323 e. The van der Waals surface area contributed by atoms with Gasteiger partial charge in [-0.3, -0.25) is 9.59 Å². The van der Waals surface area contributed by atoms with E-state index in [0.29, 0.717) is 17.9 Å². The number of rotatable bonds is 8. The lowest BCUT2D eigenvalue weighted by atomic mass is 10.2. The Bertz CT molecular complexity index is 467. The second kappa shape index (κ2) is 7.99. The van der Waals surface area contributed by atoms with Gasteiger partial charge in [0.05, 0.1) is 6.61 Å². The summed E-state index contributed by atoms with van der Waals surface area (Å²) in [6, 6.07) is 6.67. The molecule has 0 heterocycles. The number of amides is 1. The Labute approximate surface area is 118 Å². The van der Waals surface area contributed by atoms with Crippen molar-refractivity contribution in [2.45, 2.75) is 13.3 Å². The lowest BCUT2D eigenvalue weighted by Gasteiger charge is -2.19. The van der Waals surface area contributed by atoms with Gasteiger partial charge in [-0.25, -0.2) is 0 Å². The first-order chi connectivity index (χ1) is 9.58. The van der Waals surface area contributed by atoms with Gasteiger partial charge in [0.1, 0.15) is 12.3 Å². The van der Waals surface area contributed by atoms with Crippen molar-refractivity contribution >= 4 is 11.9 Å². The van der Waals surface area contributed by atoms with Crippen LogP contribution in [0.5, 0.6) is 5.75 Å².